The van der Waals surface area contributed by atoms with Crippen LogP contribution in [0.5, 0.6) is 0 Å². The summed E-state index contributed by atoms with van der Waals surface area (Å²) in [5.41, 5.74) is 1.04. The lowest BCUT2D eigenvalue weighted by Gasteiger charge is -2.34. The van der Waals surface area contributed by atoms with E-state index >= 15 is 0 Å². The second kappa shape index (κ2) is 8.43. The van der Waals surface area contributed by atoms with Crippen LogP contribution < -0.4 is 9.62 Å². The number of rotatable bonds is 6. The van der Waals surface area contributed by atoms with E-state index in [9.17, 15) is 16.8 Å². The van der Waals surface area contributed by atoms with E-state index in [1.165, 1.54) is 26.2 Å². The molecule has 0 spiro atoms. The van der Waals surface area contributed by atoms with E-state index in [2.05, 4.69) is 16.5 Å². The molecule has 0 unspecified atom stereocenters. The number of sulfonamides is 2. The molecule has 2 aromatic rings. The van der Waals surface area contributed by atoms with E-state index in [1.807, 2.05) is 0 Å². The first-order valence-electron chi connectivity index (χ1n) is 9.11. The highest BCUT2D eigenvalue weighted by molar-refractivity contribution is 7.96. The van der Waals surface area contributed by atoms with Crippen molar-refractivity contribution in [3.8, 4) is 0 Å². The molecule has 29 heavy (non-hydrogen) atoms. The summed E-state index contributed by atoms with van der Waals surface area (Å²) in [4.78, 5) is 2.09. The minimum Gasteiger partial charge on any atom is -0.369 e. The van der Waals surface area contributed by atoms with E-state index in [-0.39, 0.29) is 8.42 Å². The van der Waals surface area contributed by atoms with Crippen LogP contribution in [0.1, 0.15) is 19.8 Å². The molecular formula is C18H24ClN3O4S3. The van der Waals surface area contributed by atoms with Gasteiger partial charge in [0.05, 0.1) is 16.4 Å². The fourth-order valence-electron chi connectivity index (χ4n) is 3.11. The van der Waals surface area contributed by atoms with Gasteiger partial charge in [-0.25, -0.2) is 21.1 Å². The average Bonchev–Trinajstić information content (AvgIpc) is 3.14. The van der Waals surface area contributed by atoms with Gasteiger partial charge in [0.2, 0.25) is 0 Å². The molecule has 7 nitrogen and oxygen atoms in total. The molecule has 0 bridgehead atoms. The SMILES string of the molecule is CC1CCN(c2c(Cl)cccc2NS(=O)(=O)c2ccc(S(=O)(=O)N(C)C)s2)CC1. The predicted molar refractivity (Wildman–Crippen MR) is 118 cm³/mol. The summed E-state index contributed by atoms with van der Waals surface area (Å²) in [5, 5.41) is 0.474. The number of nitrogens with zero attached hydrogens (tertiary/aromatic N) is 2. The number of nitrogens with one attached hydrogen (secondary N) is 1. The molecule has 0 aliphatic carbocycles. The van der Waals surface area contributed by atoms with Gasteiger partial charge in [0.15, 0.2) is 0 Å². The van der Waals surface area contributed by atoms with Gasteiger partial charge in [-0.3, -0.25) is 4.72 Å². The van der Waals surface area contributed by atoms with Crippen LogP contribution in [-0.4, -0.2) is 48.3 Å². The number of thiophene rings is 1. The molecule has 0 atom stereocenters. The minimum absolute atomic E-state index is 0.0285. The standard InChI is InChI=1S/C18H24ClN3O4S3/c1-13-9-11-22(12-10-13)18-14(19)5-4-6-15(18)20-28(23,24)16-7-8-17(27-16)29(25,26)21(2)3/h4-8,13,20H,9-12H2,1-3H3. The summed E-state index contributed by atoms with van der Waals surface area (Å²) in [5.74, 6) is 0.622. The largest absolute Gasteiger partial charge is 0.369 e. The van der Waals surface area contributed by atoms with Gasteiger partial charge in [-0.05, 0) is 43.0 Å². The Morgan fingerprint density at radius 1 is 1.07 bits per heavy atom. The van der Waals surface area contributed by atoms with Crippen LogP contribution in [0.15, 0.2) is 38.8 Å². The maximum atomic E-state index is 12.9. The number of halogens is 1. The first-order chi connectivity index (χ1) is 13.5. The van der Waals surface area contributed by atoms with Crippen molar-refractivity contribution < 1.29 is 16.8 Å². The molecule has 1 fully saturated rings. The molecule has 1 aliphatic heterocycles. The molecule has 1 aliphatic rings. The van der Waals surface area contributed by atoms with Gasteiger partial charge in [-0.2, -0.15) is 0 Å². The van der Waals surface area contributed by atoms with Crippen LogP contribution in [0.2, 0.25) is 5.02 Å². The normalized spacial score (nSPS) is 16.4. The molecule has 1 aromatic carbocycles. The highest BCUT2D eigenvalue weighted by Gasteiger charge is 2.27. The molecular weight excluding hydrogens is 454 g/mol. The zero-order valence-electron chi connectivity index (χ0n) is 16.4. The Kier molecular flexibility index (Phi) is 6.50. The van der Waals surface area contributed by atoms with Crippen molar-refractivity contribution in [1.29, 1.82) is 0 Å². The van der Waals surface area contributed by atoms with E-state index in [4.69, 9.17) is 11.6 Å². The Morgan fingerprint density at radius 3 is 2.31 bits per heavy atom. The second-order valence-corrected chi connectivity index (χ2v) is 13.1. The van der Waals surface area contributed by atoms with E-state index in [1.54, 1.807) is 18.2 Å². The minimum atomic E-state index is -3.97. The van der Waals surface area contributed by atoms with Gasteiger partial charge in [0.25, 0.3) is 20.0 Å². The molecule has 0 saturated carbocycles. The Bertz CT molecular complexity index is 1090. The smallest absolute Gasteiger partial charge is 0.271 e. The van der Waals surface area contributed by atoms with Crippen molar-refractivity contribution in [2.75, 3.05) is 36.8 Å². The van der Waals surface area contributed by atoms with E-state index in [0.717, 1.165) is 30.2 Å². The average molecular weight is 478 g/mol. The summed E-state index contributed by atoms with van der Waals surface area (Å²) in [7, 11) is -4.86. The van der Waals surface area contributed by atoms with Crippen molar-refractivity contribution in [3.63, 3.8) is 0 Å². The van der Waals surface area contributed by atoms with Gasteiger partial charge < -0.3 is 4.90 Å². The topological polar surface area (TPSA) is 86.8 Å². The first-order valence-corrected chi connectivity index (χ1v) is 13.2. The number of para-hydroxylation sites is 1. The van der Waals surface area contributed by atoms with Crippen LogP contribution in [0.3, 0.4) is 0 Å². The molecule has 1 saturated heterocycles. The third-order valence-corrected chi connectivity index (χ3v) is 10.4. The van der Waals surface area contributed by atoms with E-state index < -0.39 is 20.0 Å². The van der Waals surface area contributed by atoms with Crippen molar-refractivity contribution in [3.05, 3.63) is 35.4 Å². The van der Waals surface area contributed by atoms with Crippen molar-refractivity contribution in [2.24, 2.45) is 5.92 Å². The highest BCUT2D eigenvalue weighted by Crippen LogP contribution is 2.38. The molecule has 160 valence electrons. The zero-order valence-corrected chi connectivity index (χ0v) is 19.6. The zero-order chi connectivity index (χ0) is 21.4. The van der Waals surface area contributed by atoms with Crippen molar-refractivity contribution in [1.82, 2.24) is 4.31 Å². The lowest BCUT2D eigenvalue weighted by molar-refractivity contribution is 0.439. The summed E-state index contributed by atoms with van der Waals surface area (Å²) < 4.78 is 53.9. The molecule has 2 heterocycles. The number of anilines is 2. The highest BCUT2D eigenvalue weighted by atomic mass is 35.5. The lowest BCUT2D eigenvalue weighted by Crippen LogP contribution is -2.33. The fourth-order valence-corrected chi connectivity index (χ4v) is 7.41. The van der Waals surface area contributed by atoms with Crippen molar-refractivity contribution in [2.45, 2.75) is 28.2 Å². The molecule has 11 heteroatoms. The van der Waals surface area contributed by atoms with E-state index in [0.29, 0.717) is 33.7 Å². The van der Waals surface area contributed by atoms with Gasteiger partial charge in [0, 0.05) is 27.2 Å². The van der Waals surface area contributed by atoms with Gasteiger partial charge in [-0.15, -0.1) is 11.3 Å². The third kappa shape index (κ3) is 4.72. The van der Waals surface area contributed by atoms with Gasteiger partial charge in [0.1, 0.15) is 8.42 Å². The lowest BCUT2D eigenvalue weighted by atomic mass is 9.98. The number of benzene rings is 1. The van der Waals surface area contributed by atoms with Crippen LogP contribution >= 0.6 is 22.9 Å². The molecule has 0 radical (unpaired) electrons. The van der Waals surface area contributed by atoms with Gasteiger partial charge in [-0.1, -0.05) is 24.6 Å². The molecule has 1 aromatic heterocycles. The summed E-state index contributed by atoms with van der Waals surface area (Å²) >= 11 is 7.13. The molecule has 0 amide bonds. The van der Waals surface area contributed by atoms with Crippen LogP contribution in [0.4, 0.5) is 11.4 Å². The summed E-state index contributed by atoms with van der Waals surface area (Å²) in [6, 6.07) is 7.70. The van der Waals surface area contributed by atoms with Crippen LogP contribution in [0.25, 0.3) is 0 Å². The Hall–Kier alpha value is -1.33. The monoisotopic (exact) mass is 477 g/mol. The number of hydrogen-bond acceptors (Lipinski definition) is 6. The van der Waals surface area contributed by atoms with Crippen LogP contribution in [0, 0.1) is 5.92 Å². The Labute approximate surface area is 181 Å². The molecule has 1 N–H and O–H groups in total. The predicted octanol–water partition coefficient (Wildman–Crippen LogP) is 3.69. The maximum absolute atomic E-state index is 12.9. The van der Waals surface area contributed by atoms with Crippen LogP contribution in [-0.2, 0) is 20.0 Å². The maximum Gasteiger partial charge on any atom is 0.271 e. The quantitative estimate of drug-likeness (QED) is 0.685. The first kappa shape index (κ1) is 22.4. The Morgan fingerprint density at radius 2 is 1.69 bits per heavy atom. The Balaban J connectivity index is 1.92. The third-order valence-electron chi connectivity index (χ3n) is 4.89. The summed E-state index contributed by atoms with van der Waals surface area (Å²) in [6.45, 7) is 3.79. The number of hydrogen-bond donors (Lipinski definition) is 1. The van der Waals surface area contributed by atoms with Gasteiger partial charge >= 0.3 is 0 Å². The summed E-state index contributed by atoms with van der Waals surface area (Å²) in [6.07, 6.45) is 2.02. The number of piperidine rings is 1. The molecule has 3 rings (SSSR count). The fraction of sp³-hybridized carbons (Fsp3) is 0.444. The second-order valence-electron chi connectivity index (χ2n) is 7.27. The van der Waals surface area contributed by atoms with Crippen molar-refractivity contribution >= 4 is 54.4 Å².